The quantitative estimate of drug-likeness (QED) is 0.841. The number of carboxylic acid groups (broad SMARTS) is 1. The maximum Gasteiger partial charge on any atom is 0.328 e. The first kappa shape index (κ1) is 12.9. The summed E-state index contributed by atoms with van der Waals surface area (Å²) in [6.45, 7) is 2.01. The second-order valence-corrected chi connectivity index (χ2v) is 5.38. The van der Waals surface area contributed by atoms with Crippen LogP contribution >= 0.6 is 22.9 Å². The van der Waals surface area contributed by atoms with Crippen molar-refractivity contribution in [3.63, 3.8) is 0 Å². The number of carboxylic acids is 1. The molecule has 1 heterocycles. The lowest BCUT2D eigenvalue weighted by Crippen LogP contribution is -1.84. The second kappa shape index (κ2) is 5.38. The molecule has 0 radical (unpaired) electrons. The van der Waals surface area contributed by atoms with Crippen LogP contribution in [0.5, 0.6) is 0 Å². The molecule has 1 aromatic heterocycles. The molecule has 2 rings (SSSR count). The first-order chi connectivity index (χ1) is 8.56. The predicted octanol–water partition coefficient (Wildman–Crippen LogP) is 4.47. The number of halogens is 1. The number of hydrogen-bond donors (Lipinski definition) is 1. The third kappa shape index (κ3) is 3.00. The molecule has 0 saturated carbocycles. The van der Waals surface area contributed by atoms with Gasteiger partial charge in [-0.05, 0) is 48.4 Å². The summed E-state index contributed by atoms with van der Waals surface area (Å²) in [4.78, 5) is 12.5. The van der Waals surface area contributed by atoms with Crippen molar-refractivity contribution in [3.05, 3.63) is 51.9 Å². The molecule has 2 nitrogen and oxygen atoms in total. The van der Waals surface area contributed by atoms with Gasteiger partial charge in [0, 0.05) is 20.9 Å². The summed E-state index contributed by atoms with van der Waals surface area (Å²) < 4.78 is 0. The van der Waals surface area contributed by atoms with E-state index in [1.807, 2.05) is 37.3 Å². The minimum absolute atomic E-state index is 0.721. The van der Waals surface area contributed by atoms with Crippen LogP contribution in [-0.4, -0.2) is 11.1 Å². The first-order valence-corrected chi connectivity index (χ1v) is 6.53. The van der Waals surface area contributed by atoms with Gasteiger partial charge >= 0.3 is 5.97 Å². The van der Waals surface area contributed by atoms with Crippen LogP contribution in [-0.2, 0) is 4.79 Å². The summed E-state index contributed by atoms with van der Waals surface area (Å²) >= 11 is 7.48. The van der Waals surface area contributed by atoms with Crippen LogP contribution in [0.15, 0.2) is 36.4 Å². The fraction of sp³-hybridized carbons (Fsp3) is 0.0714. The summed E-state index contributed by atoms with van der Waals surface area (Å²) in [7, 11) is 0. The Kier molecular flexibility index (Phi) is 3.84. The van der Waals surface area contributed by atoms with Gasteiger partial charge in [-0.25, -0.2) is 4.79 Å². The number of hydrogen-bond acceptors (Lipinski definition) is 2. The molecule has 0 amide bonds. The number of benzene rings is 1. The van der Waals surface area contributed by atoms with Gasteiger partial charge in [0.15, 0.2) is 0 Å². The fourth-order valence-electron chi connectivity index (χ4n) is 1.64. The van der Waals surface area contributed by atoms with Crippen LogP contribution in [0.4, 0.5) is 0 Å². The molecular weight excluding hydrogens is 268 g/mol. The third-order valence-electron chi connectivity index (χ3n) is 2.47. The molecule has 0 unspecified atom stereocenters. The molecule has 4 heteroatoms. The normalized spacial score (nSPS) is 11.0. The van der Waals surface area contributed by atoms with Crippen molar-refractivity contribution in [3.8, 4) is 10.4 Å². The summed E-state index contributed by atoms with van der Waals surface area (Å²) in [5.74, 6) is -0.937. The minimum Gasteiger partial charge on any atom is -0.478 e. The molecule has 0 bridgehead atoms. The van der Waals surface area contributed by atoms with Gasteiger partial charge in [0.2, 0.25) is 0 Å². The first-order valence-electron chi connectivity index (χ1n) is 5.33. The summed E-state index contributed by atoms with van der Waals surface area (Å²) in [5.41, 5.74) is 2.23. The fourth-order valence-corrected chi connectivity index (χ4v) is 2.87. The van der Waals surface area contributed by atoms with Gasteiger partial charge in [-0.2, -0.15) is 0 Å². The van der Waals surface area contributed by atoms with Crippen molar-refractivity contribution in [2.45, 2.75) is 6.92 Å². The van der Waals surface area contributed by atoms with Gasteiger partial charge in [0.25, 0.3) is 0 Å². The predicted molar refractivity (Wildman–Crippen MR) is 76.2 cm³/mol. The van der Waals surface area contributed by atoms with Crippen molar-refractivity contribution < 1.29 is 9.90 Å². The molecule has 2 aromatic rings. The lowest BCUT2D eigenvalue weighted by molar-refractivity contribution is -0.131. The number of carbonyl (C=O) groups is 1. The summed E-state index contributed by atoms with van der Waals surface area (Å²) in [6, 6.07) is 9.66. The molecule has 0 spiro atoms. The zero-order valence-corrected chi connectivity index (χ0v) is 11.3. The van der Waals surface area contributed by atoms with E-state index in [2.05, 4.69) is 0 Å². The molecule has 1 N–H and O–H groups in total. The van der Waals surface area contributed by atoms with E-state index in [9.17, 15) is 4.79 Å². The average molecular weight is 279 g/mol. The van der Waals surface area contributed by atoms with E-state index in [4.69, 9.17) is 16.7 Å². The number of aryl methyl sites for hydroxylation is 1. The van der Waals surface area contributed by atoms with Crippen molar-refractivity contribution in [1.82, 2.24) is 0 Å². The molecule has 92 valence electrons. The molecule has 0 fully saturated rings. The Morgan fingerprint density at radius 1 is 1.33 bits per heavy atom. The van der Waals surface area contributed by atoms with Crippen LogP contribution in [0.2, 0.25) is 5.02 Å². The molecular formula is C14H11ClO2S. The van der Waals surface area contributed by atoms with Crippen LogP contribution in [0.1, 0.15) is 10.4 Å². The average Bonchev–Trinajstić information content (AvgIpc) is 2.75. The van der Waals surface area contributed by atoms with Gasteiger partial charge in [-0.1, -0.05) is 17.7 Å². The molecule has 0 aliphatic carbocycles. The molecule has 0 atom stereocenters. The van der Waals surface area contributed by atoms with Crippen LogP contribution < -0.4 is 0 Å². The van der Waals surface area contributed by atoms with Crippen LogP contribution in [0.3, 0.4) is 0 Å². The van der Waals surface area contributed by atoms with Gasteiger partial charge in [0.1, 0.15) is 0 Å². The van der Waals surface area contributed by atoms with E-state index in [0.717, 1.165) is 32.0 Å². The zero-order chi connectivity index (χ0) is 13.1. The van der Waals surface area contributed by atoms with Crippen LogP contribution in [0, 0.1) is 6.92 Å². The number of thiophene rings is 1. The van der Waals surface area contributed by atoms with Crippen molar-refractivity contribution in [2.24, 2.45) is 0 Å². The zero-order valence-electron chi connectivity index (χ0n) is 9.68. The summed E-state index contributed by atoms with van der Waals surface area (Å²) in [5, 5.41) is 9.30. The minimum atomic E-state index is -0.937. The highest BCUT2D eigenvalue weighted by Gasteiger charge is 2.05. The van der Waals surface area contributed by atoms with E-state index >= 15 is 0 Å². The second-order valence-electron chi connectivity index (χ2n) is 3.83. The van der Waals surface area contributed by atoms with Gasteiger partial charge in [-0.15, -0.1) is 11.3 Å². The van der Waals surface area contributed by atoms with E-state index in [1.54, 1.807) is 17.4 Å². The Bertz CT molecular complexity index is 614. The SMILES string of the molecule is Cc1cc(Cl)ccc1-c1ccc(/C=C/C(=O)O)s1. The maximum absolute atomic E-state index is 10.4. The maximum atomic E-state index is 10.4. The van der Waals surface area contributed by atoms with Crippen molar-refractivity contribution in [2.75, 3.05) is 0 Å². The highest BCUT2D eigenvalue weighted by Crippen LogP contribution is 2.32. The van der Waals surface area contributed by atoms with Gasteiger partial charge in [-0.3, -0.25) is 0 Å². The van der Waals surface area contributed by atoms with Crippen molar-refractivity contribution in [1.29, 1.82) is 0 Å². The Labute approximate surface area is 114 Å². The molecule has 0 aliphatic heterocycles. The highest BCUT2D eigenvalue weighted by molar-refractivity contribution is 7.16. The lowest BCUT2D eigenvalue weighted by atomic mass is 10.1. The Morgan fingerprint density at radius 2 is 2.11 bits per heavy atom. The summed E-state index contributed by atoms with van der Waals surface area (Å²) in [6.07, 6.45) is 2.74. The smallest absolute Gasteiger partial charge is 0.328 e. The van der Waals surface area contributed by atoms with E-state index in [1.165, 1.54) is 0 Å². The Morgan fingerprint density at radius 3 is 2.78 bits per heavy atom. The van der Waals surface area contributed by atoms with Gasteiger partial charge < -0.3 is 5.11 Å². The Balaban J connectivity index is 2.32. The number of aliphatic carboxylic acids is 1. The molecule has 18 heavy (non-hydrogen) atoms. The van der Waals surface area contributed by atoms with Crippen molar-refractivity contribution >= 4 is 35.0 Å². The van der Waals surface area contributed by atoms with E-state index < -0.39 is 5.97 Å². The Hall–Kier alpha value is -1.58. The molecule has 0 saturated heterocycles. The molecule has 1 aromatic carbocycles. The topological polar surface area (TPSA) is 37.3 Å². The standard InChI is InChI=1S/C14H11ClO2S/c1-9-8-10(15)2-5-12(9)13-6-3-11(18-13)4-7-14(16)17/h2-8H,1H3,(H,16,17)/b7-4+. The van der Waals surface area contributed by atoms with E-state index in [0.29, 0.717) is 0 Å². The monoisotopic (exact) mass is 278 g/mol. The number of rotatable bonds is 3. The van der Waals surface area contributed by atoms with Crippen LogP contribution in [0.25, 0.3) is 16.5 Å². The largest absolute Gasteiger partial charge is 0.478 e. The molecule has 0 aliphatic rings. The van der Waals surface area contributed by atoms with E-state index in [-0.39, 0.29) is 0 Å². The lowest BCUT2D eigenvalue weighted by Gasteiger charge is -2.02. The highest BCUT2D eigenvalue weighted by atomic mass is 35.5. The van der Waals surface area contributed by atoms with Gasteiger partial charge in [0.05, 0.1) is 0 Å². The third-order valence-corrected chi connectivity index (χ3v) is 3.79.